The Morgan fingerprint density at radius 3 is 3.00 bits per heavy atom. The molecule has 3 N–H and O–H groups in total. The molecular weight excluding hydrogens is 306 g/mol. The fraction of sp³-hybridized carbons (Fsp3) is 0.500. The van der Waals surface area contributed by atoms with Gasteiger partial charge in [-0.1, -0.05) is 29.4 Å². The first-order valence-corrected chi connectivity index (χ1v) is 8.17. The van der Waals surface area contributed by atoms with Gasteiger partial charge < -0.3 is 11.1 Å². The second kappa shape index (κ2) is 7.39. The van der Waals surface area contributed by atoms with Crippen molar-refractivity contribution in [1.29, 1.82) is 0 Å². The number of carbonyl (C=O) groups excluding carboxylic acids is 1. The number of amides is 1. The third-order valence-corrected chi connectivity index (χ3v) is 4.47. The number of hydrogen-bond acceptors (Lipinski definition) is 6. The number of benzene rings is 1. The molecule has 0 saturated carbocycles. The van der Waals surface area contributed by atoms with Gasteiger partial charge in [0, 0.05) is 19.6 Å². The summed E-state index contributed by atoms with van der Waals surface area (Å²) in [6.07, 6.45) is 1.10. The summed E-state index contributed by atoms with van der Waals surface area (Å²) in [4.78, 5) is 14.4. The van der Waals surface area contributed by atoms with E-state index in [9.17, 15) is 4.79 Å². The van der Waals surface area contributed by atoms with Crippen LogP contribution in [0.3, 0.4) is 0 Å². The second-order valence-corrected chi connectivity index (χ2v) is 6.32. The van der Waals surface area contributed by atoms with Crippen molar-refractivity contribution in [3.63, 3.8) is 0 Å². The number of rotatable bonds is 6. The highest BCUT2D eigenvalue weighted by atomic mass is 16.2. The minimum Gasteiger partial charge on any atom is -0.367 e. The summed E-state index contributed by atoms with van der Waals surface area (Å²) in [5.41, 5.74) is 8.25. The van der Waals surface area contributed by atoms with Crippen molar-refractivity contribution in [2.75, 3.05) is 25.4 Å². The lowest BCUT2D eigenvalue weighted by molar-refractivity contribution is -0.122. The second-order valence-electron chi connectivity index (χ2n) is 6.32. The van der Waals surface area contributed by atoms with Gasteiger partial charge in [-0.15, -0.1) is 0 Å². The molecule has 1 aliphatic rings. The van der Waals surface area contributed by atoms with Gasteiger partial charge in [0.25, 0.3) is 0 Å². The summed E-state index contributed by atoms with van der Waals surface area (Å²) in [5, 5.41) is 13.6. The predicted molar refractivity (Wildman–Crippen MR) is 89.8 cm³/mol. The number of likely N-dealkylation sites (tertiary alicyclic amines) is 1. The van der Waals surface area contributed by atoms with E-state index in [1.807, 2.05) is 0 Å². The molecule has 0 bridgehead atoms. The summed E-state index contributed by atoms with van der Waals surface area (Å²) in [6.45, 7) is 5.91. The summed E-state index contributed by atoms with van der Waals surface area (Å²) in [5.74, 6) is 0.506. The van der Waals surface area contributed by atoms with Gasteiger partial charge in [0.05, 0.1) is 0 Å². The van der Waals surface area contributed by atoms with Gasteiger partial charge in [0.15, 0.2) is 0 Å². The van der Waals surface area contributed by atoms with Gasteiger partial charge in [-0.05, 0) is 47.4 Å². The van der Waals surface area contributed by atoms with Crippen LogP contribution >= 0.6 is 0 Å². The molecule has 1 aromatic carbocycles. The van der Waals surface area contributed by atoms with Crippen molar-refractivity contribution in [3.05, 3.63) is 35.4 Å². The fourth-order valence-corrected chi connectivity index (χ4v) is 3.03. The first-order chi connectivity index (χ1) is 11.6. The largest absolute Gasteiger partial charge is 0.367 e. The molecule has 1 saturated heterocycles. The van der Waals surface area contributed by atoms with Gasteiger partial charge in [0.1, 0.15) is 6.54 Å². The molecule has 128 valence electrons. The Labute approximate surface area is 141 Å². The van der Waals surface area contributed by atoms with Crippen LogP contribution in [0.1, 0.15) is 17.5 Å². The SMILES string of the molecule is Cc1ccccc1CN1CCC(CNC(=O)Cn2nnnc2N)C1. The molecule has 2 heterocycles. The molecule has 1 unspecified atom stereocenters. The Balaban J connectivity index is 1.42. The molecule has 8 nitrogen and oxygen atoms in total. The normalized spacial score (nSPS) is 18.0. The van der Waals surface area contributed by atoms with Gasteiger partial charge in [-0.3, -0.25) is 9.69 Å². The average Bonchev–Trinajstić information content (AvgIpc) is 3.17. The Morgan fingerprint density at radius 2 is 2.25 bits per heavy atom. The van der Waals surface area contributed by atoms with E-state index in [4.69, 9.17) is 5.73 Å². The molecule has 0 spiro atoms. The number of nitrogens with two attached hydrogens (primary N) is 1. The van der Waals surface area contributed by atoms with E-state index < -0.39 is 0 Å². The summed E-state index contributed by atoms with van der Waals surface area (Å²) < 4.78 is 1.29. The van der Waals surface area contributed by atoms with E-state index in [0.29, 0.717) is 12.5 Å². The molecule has 0 aliphatic carbocycles. The molecule has 3 rings (SSSR count). The number of aryl methyl sites for hydroxylation is 1. The van der Waals surface area contributed by atoms with Crippen LogP contribution < -0.4 is 11.1 Å². The zero-order valence-electron chi connectivity index (χ0n) is 13.9. The molecule has 1 aliphatic heterocycles. The zero-order chi connectivity index (χ0) is 16.9. The lowest BCUT2D eigenvalue weighted by Crippen LogP contribution is -2.33. The monoisotopic (exact) mass is 329 g/mol. The Bertz CT molecular complexity index is 699. The van der Waals surface area contributed by atoms with Crippen LogP contribution in [0.4, 0.5) is 5.95 Å². The average molecular weight is 329 g/mol. The Kier molecular flexibility index (Phi) is 5.05. The highest BCUT2D eigenvalue weighted by Crippen LogP contribution is 2.19. The van der Waals surface area contributed by atoms with Crippen LogP contribution in [0.5, 0.6) is 0 Å². The molecule has 24 heavy (non-hydrogen) atoms. The lowest BCUT2D eigenvalue weighted by atomic mass is 10.1. The van der Waals surface area contributed by atoms with E-state index in [0.717, 1.165) is 26.1 Å². The first kappa shape index (κ1) is 16.4. The summed E-state index contributed by atoms with van der Waals surface area (Å²) in [7, 11) is 0. The van der Waals surface area contributed by atoms with Gasteiger partial charge in [-0.25, -0.2) is 4.68 Å². The van der Waals surface area contributed by atoms with Gasteiger partial charge in [-0.2, -0.15) is 0 Å². The van der Waals surface area contributed by atoms with Gasteiger partial charge >= 0.3 is 0 Å². The van der Waals surface area contributed by atoms with Crippen molar-refractivity contribution in [1.82, 2.24) is 30.4 Å². The van der Waals surface area contributed by atoms with E-state index >= 15 is 0 Å². The topological polar surface area (TPSA) is 102 Å². The molecule has 0 radical (unpaired) electrons. The smallest absolute Gasteiger partial charge is 0.241 e. The number of nitrogens with one attached hydrogen (secondary N) is 1. The maximum Gasteiger partial charge on any atom is 0.241 e. The van der Waals surface area contributed by atoms with E-state index in [1.165, 1.54) is 15.8 Å². The number of carbonyl (C=O) groups is 1. The number of aromatic nitrogens is 4. The molecule has 1 amide bonds. The number of nitrogens with zero attached hydrogens (tertiary/aromatic N) is 5. The Hall–Kier alpha value is -2.48. The number of hydrogen-bond donors (Lipinski definition) is 2. The summed E-state index contributed by atoms with van der Waals surface area (Å²) in [6, 6.07) is 8.48. The molecule has 1 atom stereocenters. The molecule has 8 heteroatoms. The lowest BCUT2D eigenvalue weighted by Gasteiger charge is -2.17. The number of tetrazole rings is 1. The molecular formula is C16H23N7O. The predicted octanol–water partition coefficient (Wildman–Crippen LogP) is 0.202. The van der Waals surface area contributed by atoms with Crippen LogP contribution in [0.15, 0.2) is 24.3 Å². The maximum absolute atomic E-state index is 11.9. The summed E-state index contributed by atoms with van der Waals surface area (Å²) >= 11 is 0. The van der Waals surface area contributed by atoms with Crippen molar-refractivity contribution in [3.8, 4) is 0 Å². The molecule has 1 aromatic heterocycles. The Morgan fingerprint density at radius 1 is 1.42 bits per heavy atom. The third-order valence-electron chi connectivity index (χ3n) is 4.47. The third kappa shape index (κ3) is 4.08. The van der Waals surface area contributed by atoms with Crippen LogP contribution in [0.2, 0.25) is 0 Å². The zero-order valence-corrected chi connectivity index (χ0v) is 13.9. The molecule has 2 aromatic rings. The number of nitrogen functional groups attached to an aromatic ring is 1. The van der Waals surface area contributed by atoms with E-state index in [1.54, 1.807) is 0 Å². The highest BCUT2D eigenvalue weighted by Gasteiger charge is 2.23. The van der Waals surface area contributed by atoms with Crippen LogP contribution in [-0.4, -0.2) is 50.6 Å². The van der Waals surface area contributed by atoms with Crippen molar-refractivity contribution in [2.45, 2.75) is 26.4 Å². The molecule has 1 fully saturated rings. The standard InChI is InChI=1S/C16H23N7O/c1-12-4-2-3-5-14(12)10-22-7-6-13(9-22)8-18-15(24)11-23-16(17)19-20-21-23/h2-5,13H,6-11H2,1H3,(H,18,24)(H2,17,19,21). The maximum atomic E-state index is 11.9. The van der Waals surface area contributed by atoms with E-state index in [-0.39, 0.29) is 18.4 Å². The van der Waals surface area contributed by atoms with Crippen LogP contribution in [0.25, 0.3) is 0 Å². The van der Waals surface area contributed by atoms with Crippen molar-refractivity contribution >= 4 is 11.9 Å². The minimum absolute atomic E-state index is 0.0540. The highest BCUT2D eigenvalue weighted by molar-refractivity contribution is 5.75. The number of anilines is 1. The quantitative estimate of drug-likeness (QED) is 0.785. The van der Waals surface area contributed by atoms with Crippen LogP contribution in [-0.2, 0) is 17.9 Å². The van der Waals surface area contributed by atoms with Gasteiger partial charge in [0.2, 0.25) is 11.9 Å². The van der Waals surface area contributed by atoms with Crippen LogP contribution in [0, 0.1) is 12.8 Å². The first-order valence-electron chi connectivity index (χ1n) is 8.17. The van der Waals surface area contributed by atoms with Crippen molar-refractivity contribution in [2.24, 2.45) is 5.92 Å². The fourth-order valence-electron chi connectivity index (χ4n) is 3.03. The minimum atomic E-state index is -0.119. The van der Waals surface area contributed by atoms with E-state index in [2.05, 4.69) is 56.9 Å². The van der Waals surface area contributed by atoms with Crippen molar-refractivity contribution < 1.29 is 4.79 Å².